The average Bonchev–Trinajstić information content (AvgIpc) is 3.13. The van der Waals surface area contributed by atoms with Crippen LogP contribution in [0.15, 0.2) is 35.3 Å². The number of H-pyrrole nitrogens is 2. The van der Waals surface area contributed by atoms with E-state index in [9.17, 15) is 14.3 Å². The molecule has 7 heteroatoms. The van der Waals surface area contributed by atoms with Crippen LogP contribution in [0.4, 0.5) is 10.3 Å². The second-order valence-electron chi connectivity index (χ2n) is 7.64. The lowest BCUT2D eigenvalue weighted by molar-refractivity contribution is 0.122. The molecule has 0 saturated heterocycles. The molecule has 28 heavy (non-hydrogen) atoms. The van der Waals surface area contributed by atoms with Gasteiger partial charge in [-0.25, -0.2) is 9.37 Å². The number of aromatic amines is 2. The van der Waals surface area contributed by atoms with E-state index in [1.807, 2.05) is 13.1 Å². The highest BCUT2D eigenvalue weighted by Crippen LogP contribution is 2.34. The maximum atomic E-state index is 13.9. The topological polar surface area (TPSA) is 85.0 Å². The predicted molar refractivity (Wildman–Crippen MR) is 108 cm³/mol. The Kier molecular flexibility index (Phi) is 3.87. The molecule has 1 fully saturated rings. The van der Waals surface area contributed by atoms with Gasteiger partial charge in [-0.1, -0.05) is 0 Å². The van der Waals surface area contributed by atoms with Crippen LogP contribution in [-0.2, 0) is 0 Å². The quantitative estimate of drug-likeness (QED) is 0.465. The van der Waals surface area contributed by atoms with E-state index < -0.39 is 0 Å². The Hall–Kier alpha value is -2.93. The van der Waals surface area contributed by atoms with Crippen LogP contribution in [0.3, 0.4) is 0 Å². The number of halogens is 1. The summed E-state index contributed by atoms with van der Waals surface area (Å²) in [6.07, 6.45) is 4.77. The van der Waals surface area contributed by atoms with E-state index >= 15 is 0 Å². The summed E-state index contributed by atoms with van der Waals surface area (Å²) < 4.78 is 13.9. The van der Waals surface area contributed by atoms with Crippen LogP contribution in [0.1, 0.15) is 25.7 Å². The molecule has 0 unspecified atom stereocenters. The van der Waals surface area contributed by atoms with Crippen molar-refractivity contribution in [1.29, 1.82) is 0 Å². The van der Waals surface area contributed by atoms with Gasteiger partial charge in [-0.15, -0.1) is 0 Å². The van der Waals surface area contributed by atoms with Crippen LogP contribution < -0.4 is 10.5 Å². The number of anilines is 1. The van der Waals surface area contributed by atoms with E-state index in [0.717, 1.165) is 53.4 Å². The zero-order valence-electron chi connectivity index (χ0n) is 15.5. The van der Waals surface area contributed by atoms with Crippen LogP contribution in [0.25, 0.3) is 32.6 Å². The summed E-state index contributed by atoms with van der Waals surface area (Å²) in [6.45, 7) is 0. The highest BCUT2D eigenvalue weighted by atomic mass is 19.1. The van der Waals surface area contributed by atoms with Crippen LogP contribution >= 0.6 is 0 Å². The molecule has 0 amide bonds. The van der Waals surface area contributed by atoms with Gasteiger partial charge in [0.1, 0.15) is 5.82 Å². The van der Waals surface area contributed by atoms with Gasteiger partial charge in [-0.2, -0.15) is 0 Å². The predicted octanol–water partition coefficient (Wildman–Crippen LogP) is 3.44. The summed E-state index contributed by atoms with van der Waals surface area (Å²) in [5.41, 5.74) is 1.25. The third-order valence-corrected chi connectivity index (χ3v) is 5.98. The van der Waals surface area contributed by atoms with E-state index in [2.05, 4.69) is 14.9 Å². The molecule has 0 radical (unpaired) electrons. The summed E-state index contributed by atoms with van der Waals surface area (Å²) in [5.74, 6) is 0.333. The summed E-state index contributed by atoms with van der Waals surface area (Å²) in [6, 6.07) is 6.59. The number of imidazole rings is 1. The minimum atomic E-state index is -0.384. The molecule has 0 bridgehead atoms. The second kappa shape index (κ2) is 6.31. The second-order valence-corrected chi connectivity index (χ2v) is 7.64. The molecule has 0 aliphatic heterocycles. The molecule has 2 heterocycles. The van der Waals surface area contributed by atoms with Crippen molar-refractivity contribution in [3.8, 4) is 0 Å². The molecular formula is C21H21FN4O2. The first-order valence-electron chi connectivity index (χ1n) is 9.56. The zero-order valence-corrected chi connectivity index (χ0v) is 15.5. The molecule has 0 atom stereocenters. The molecular weight excluding hydrogens is 359 g/mol. The molecule has 1 saturated carbocycles. The van der Waals surface area contributed by atoms with Gasteiger partial charge in [0.15, 0.2) is 0 Å². The highest BCUT2D eigenvalue weighted by molar-refractivity contribution is 6.23. The van der Waals surface area contributed by atoms with Crippen molar-refractivity contribution in [2.24, 2.45) is 0 Å². The molecule has 2 aromatic heterocycles. The van der Waals surface area contributed by atoms with Gasteiger partial charge in [0.2, 0.25) is 5.95 Å². The Morgan fingerprint density at radius 3 is 2.71 bits per heavy atom. The Balaban J connectivity index is 1.75. The number of nitrogens with zero attached hydrogens (tertiary/aromatic N) is 2. The van der Waals surface area contributed by atoms with Gasteiger partial charge in [-0.05, 0) is 49.9 Å². The first-order valence-corrected chi connectivity index (χ1v) is 9.56. The lowest BCUT2D eigenvalue weighted by Crippen LogP contribution is -2.36. The number of pyridine rings is 1. The Morgan fingerprint density at radius 1 is 1.14 bits per heavy atom. The number of hydrogen-bond donors (Lipinski definition) is 3. The first kappa shape index (κ1) is 17.2. The Labute approximate surface area is 160 Å². The maximum Gasteiger partial charge on any atom is 0.256 e. The van der Waals surface area contributed by atoms with Crippen molar-refractivity contribution in [2.75, 3.05) is 11.9 Å². The van der Waals surface area contributed by atoms with E-state index in [1.165, 1.54) is 12.1 Å². The zero-order chi connectivity index (χ0) is 19.4. The fourth-order valence-corrected chi connectivity index (χ4v) is 4.42. The first-order chi connectivity index (χ1) is 13.5. The van der Waals surface area contributed by atoms with E-state index in [0.29, 0.717) is 16.8 Å². The van der Waals surface area contributed by atoms with E-state index in [4.69, 9.17) is 4.98 Å². The number of benzene rings is 2. The highest BCUT2D eigenvalue weighted by Gasteiger charge is 2.25. The van der Waals surface area contributed by atoms with Crippen molar-refractivity contribution >= 4 is 38.5 Å². The molecule has 144 valence electrons. The van der Waals surface area contributed by atoms with Gasteiger partial charge in [0, 0.05) is 35.4 Å². The fourth-order valence-electron chi connectivity index (χ4n) is 4.42. The van der Waals surface area contributed by atoms with Gasteiger partial charge < -0.3 is 20.0 Å². The van der Waals surface area contributed by atoms with Crippen molar-refractivity contribution in [2.45, 2.75) is 37.8 Å². The third-order valence-electron chi connectivity index (χ3n) is 5.98. The summed E-state index contributed by atoms with van der Waals surface area (Å²) >= 11 is 0. The van der Waals surface area contributed by atoms with Crippen molar-refractivity contribution < 1.29 is 9.50 Å². The summed E-state index contributed by atoms with van der Waals surface area (Å²) in [7, 11) is 2.00. The van der Waals surface area contributed by atoms with Crippen LogP contribution in [-0.4, -0.2) is 39.3 Å². The van der Waals surface area contributed by atoms with Crippen molar-refractivity contribution in [1.82, 2.24) is 15.0 Å². The normalized spacial score (nSPS) is 20.2. The van der Waals surface area contributed by atoms with Crippen molar-refractivity contribution in [3.05, 3.63) is 46.6 Å². The Morgan fingerprint density at radius 2 is 1.93 bits per heavy atom. The molecule has 1 aliphatic carbocycles. The molecule has 1 aliphatic rings. The van der Waals surface area contributed by atoms with Gasteiger partial charge in [0.05, 0.1) is 22.5 Å². The smallest absolute Gasteiger partial charge is 0.256 e. The lowest BCUT2D eigenvalue weighted by atomic mass is 9.92. The average molecular weight is 380 g/mol. The molecule has 4 aromatic rings. The summed E-state index contributed by atoms with van der Waals surface area (Å²) in [4.78, 5) is 25.5. The van der Waals surface area contributed by atoms with Gasteiger partial charge >= 0.3 is 0 Å². The maximum absolute atomic E-state index is 13.9. The molecule has 0 spiro atoms. The molecule has 6 nitrogen and oxygen atoms in total. The minimum absolute atomic E-state index is 0.213. The third kappa shape index (κ3) is 2.57. The Bertz CT molecular complexity index is 1250. The van der Waals surface area contributed by atoms with Crippen molar-refractivity contribution in [3.63, 3.8) is 0 Å². The molecule has 2 aromatic carbocycles. The largest absolute Gasteiger partial charge is 0.393 e. The molecule has 3 N–H and O–H groups in total. The fraction of sp³-hybridized carbons (Fsp3) is 0.333. The number of hydrogen-bond acceptors (Lipinski definition) is 4. The van der Waals surface area contributed by atoms with Gasteiger partial charge in [0.25, 0.3) is 5.56 Å². The van der Waals surface area contributed by atoms with E-state index in [1.54, 1.807) is 12.3 Å². The van der Waals surface area contributed by atoms with Crippen LogP contribution in [0.5, 0.6) is 0 Å². The number of aromatic nitrogens is 3. The summed E-state index contributed by atoms with van der Waals surface area (Å²) in [5, 5.41) is 12.3. The number of aliphatic hydroxyl groups is 1. The SMILES string of the molecule is CN(c1nc2c3ccc(F)cc3c3c(=O)[nH]ccc3c2[nH]1)[C@H]1CC[C@H](O)CC1. The molecule has 5 rings (SSSR count). The lowest BCUT2D eigenvalue weighted by Gasteiger charge is -2.32. The minimum Gasteiger partial charge on any atom is -0.393 e. The number of nitrogens with one attached hydrogen (secondary N) is 2. The number of fused-ring (bicyclic) bond motifs is 6. The van der Waals surface area contributed by atoms with Gasteiger partial charge in [-0.3, -0.25) is 4.79 Å². The van der Waals surface area contributed by atoms with E-state index in [-0.39, 0.29) is 17.5 Å². The monoisotopic (exact) mass is 380 g/mol. The van der Waals surface area contributed by atoms with Crippen LogP contribution in [0, 0.1) is 5.82 Å². The standard InChI is InChI=1S/C21H21FN4O2/c1-26(12-3-5-13(27)6-4-12)21-24-18-14-7-2-11(22)10-16(14)17-15(19(18)25-21)8-9-23-20(17)28/h2,7-10,12-13,27H,3-6H2,1H3,(H,23,28)(H,24,25)/t12-,13-. The number of aliphatic hydroxyl groups excluding tert-OH is 1. The van der Waals surface area contributed by atoms with Crippen LogP contribution in [0.2, 0.25) is 0 Å². The number of rotatable bonds is 2.